The van der Waals surface area contributed by atoms with Crippen LogP contribution < -0.4 is 10.6 Å². The molecule has 0 aliphatic carbocycles. The van der Waals surface area contributed by atoms with Crippen molar-refractivity contribution in [2.45, 2.75) is 26.8 Å². The van der Waals surface area contributed by atoms with E-state index in [0.29, 0.717) is 5.95 Å². The summed E-state index contributed by atoms with van der Waals surface area (Å²) >= 11 is 0. The first-order chi connectivity index (χ1) is 7.02. The summed E-state index contributed by atoms with van der Waals surface area (Å²) < 4.78 is 0. The molecule has 1 rings (SSSR count). The predicted octanol–water partition coefficient (Wildman–Crippen LogP) is 0.640. The van der Waals surface area contributed by atoms with Crippen LogP contribution in [0.3, 0.4) is 0 Å². The maximum Gasteiger partial charge on any atom is 0.243 e. The van der Waals surface area contributed by atoms with E-state index in [2.05, 4.69) is 20.6 Å². The highest BCUT2D eigenvalue weighted by Gasteiger charge is 2.11. The zero-order valence-corrected chi connectivity index (χ0v) is 9.46. The molecule has 0 aliphatic heterocycles. The zero-order chi connectivity index (χ0) is 11.4. The van der Waals surface area contributed by atoms with Gasteiger partial charge in [-0.15, -0.1) is 0 Å². The topological polar surface area (TPSA) is 66.9 Å². The number of rotatable bonds is 3. The minimum Gasteiger partial charge on any atom is -0.309 e. The van der Waals surface area contributed by atoms with Crippen molar-refractivity contribution in [3.8, 4) is 0 Å². The van der Waals surface area contributed by atoms with Gasteiger partial charge in [0.2, 0.25) is 11.9 Å². The van der Waals surface area contributed by atoms with Gasteiger partial charge in [-0.25, -0.2) is 9.97 Å². The minimum absolute atomic E-state index is 0.137. The SMILES string of the molecule is CNC(C)C(=O)Nc1nc(C)cc(C)n1. The van der Waals surface area contributed by atoms with Crippen molar-refractivity contribution in [1.29, 1.82) is 0 Å². The number of hydrogen-bond donors (Lipinski definition) is 2. The number of aryl methyl sites for hydroxylation is 2. The van der Waals surface area contributed by atoms with E-state index in [1.54, 1.807) is 14.0 Å². The van der Waals surface area contributed by atoms with Crippen molar-refractivity contribution >= 4 is 11.9 Å². The van der Waals surface area contributed by atoms with E-state index in [4.69, 9.17) is 0 Å². The molecule has 1 heterocycles. The van der Waals surface area contributed by atoms with E-state index < -0.39 is 0 Å². The van der Waals surface area contributed by atoms with Crippen LogP contribution in [0.15, 0.2) is 6.07 Å². The number of aromatic nitrogens is 2. The van der Waals surface area contributed by atoms with Crippen LogP contribution in [0.25, 0.3) is 0 Å². The van der Waals surface area contributed by atoms with E-state index in [9.17, 15) is 4.79 Å². The number of likely N-dealkylation sites (N-methyl/N-ethyl adjacent to an activating group) is 1. The van der Waals surface area contributed by atoms with Gasteiger partial charge in [-0.3, -0.25) is 10.1 Å². The Bertz CT molecular complexity index is 344. The second-order valence-corrected chi connectivity index (χ2v) is 3.47. The van der Waals surface area contributed by atoms with E-state index >= 15 is 0 Å². The average molecular weight is 208 g/mol. The smallest absolute Gasteiger partial charge is 0.243 e. The molecule has 1 aromatic heterocycles. The molecular weight excluding hydrogens is 192 g/mol. The Morgan fingerprint density at radius 1 is 1.33 bits per heavy atom. The summed E-state index contributed by atoms with van der Waals surface area (Å²) in [6.07, 6.45) is 0. The molecule has 0 radical (unpaired) electrons. The third-order valence-electron chi connectivity index (χ3n) is 2.04. The fraction of sp³-hybridized carbons (Fsp3) is 0.500. The van der Waals surface area contributed by atoms with Crippen molar-refractivity contribution in [2.24, 2.45) is 0 Å². The van der Waals surface area contributed by atoms with Crippen LogP contribution in [0.1, 0.15) is 18.3 Å². The van der Waals surface area contributed by atoms with Crippen LogP contribution in [-0.2, 0) is 4.79 Å². The molecule has 0 fully saturated rings. The number of nitrogens with one attached hydrogen (secondary N) is 2. The highest BCUT2D eigenvalue weighted by atomic mass is 16.2. The summed E-state index contributed by atoms with van der Waals surface area (Å²) in [5.74, 6) is 0.224. The van der Waals surface area contributed by atoms with Gasteiger partial charge in [0.1, 0.15) is 0 Å². The largest absolute Gasteiger partial charge is 0.309 e. The van der Waals surface area contributed by atoms with Crippen molar-refractivity contribution in [3.05, 3.63) is 17.5 Å². The quantitative estimate of drug-likeness (QED) is 0.765. The summed E-state index contributed by atoms with van der Waals surface area (Å²) in [4.78, 5) is 19.8. The third-order valence-corrected chi connectivity index (χ3v) is 2.04. The monoisotopic (exact) mass is 208 g/mol. The van der Waals surface area contributed by atoms with Crippen molar-refractivity contribution < 1.29 is 4.79 Å². The van der Waals surface area contributed by atoms with Crippen LogP contribution in [-0.4, -0.2) is 29.0 Å². The maximum atomic E-state index is 11.5. The molecule has 82 valence electrons. The Labute approximate surface area is 89.3 Å². The van der Waals surface area contributed by atoms with Crippen LogP contribution in [0, 0.1) is 13.8 Å². The fourth-order valence-electron chi connectivity index (χ4n) is 1.13. The molecule has 0 bridgehead atoms. The number of nitrogens with zero attached hydrogens (tertiary/aromatic N) is 2. The molecule has 5 heteroatoms. The van der Waals surface area contributed by atoms with E-state index in [1.807, 2.05) is 19.9 Å². The molecule has 0 aliphatic rings. The van der Waals surface area contributed by atoms with Crippen LogP contribution in [0.2, 0.25) is 0 Å². The van der Waals surface area contributed by atoms with Gasteiger partial charge < -0.3 is 5.32 Å². The van der Waals surface area contributed by atoms with Gasteiger partial charge in [0.25, 0.3) is 0 Å². The zero-order valence-electron chi connectivity index (χ0n) is 9.46. The first-order valence-corrected chi connectivity index (χ1v) is 4.83. The Morgan fingerprint density at radius 3 is 2.33 bits per heavy atom. The predicted molar refractivity (Wildman–Crippen MR) is 58.7 cm³/mol. The summed E-state index contributed by atoms with van der Waals surface area (Å²) in [6.45, 7) is 5.51. The molecule has 2 N–H and O–H groups in total. The van der Waals surface area contributed by atoms with E-state index in [0.717, 1.165) is 11.4 Å². The summed E-state index contributed by atoms with van der Waals surface area (Å²) in [5, 5.41) is 5.50. The second-order valence-electron chi connectivity index (χ2n) is 3.47. The van der Waals surface area contributed by atoms with Gasteiger partial charge in [0.05, 0.1) is 6.04 Å². The second kappa shape index (κ2) is 4.84. The standard InChI is InChI=1S/C10H16N4O/c1-6-5-7(2)13-10(12-6)14-9(15)8(3)11-4/h5,8,11H,1-4H3,(H,12,13,14,15). The molecule has 1 atom stereocenters. The molecule has 0 saturated heterocycles. The van der Waals surface area contributed by atoms with Crippen LogP contribution >= 0.6 is 0 Å². The van der Waals surface area contributed by atoms with Gasteiger partial charge in [-0.2, -0.15) is 0 Å². The summed E-state index contributed by atoms with van der Waals surface area (Å²) in [6, 6.07) is 1.60. The van der Waals surface area contributed by atoms with Gasteiger partial charge >= 0.3 is 0 Å². The Morgan fingerprint density at radius 2 is 1.87 bits per heavy atom. The molecule has 5 nitrogen and oxygen atoms in total. The molecule has 0 spiro atoms. The van der Waals surface area contributed by atoms with Gasteiger partial charge in [-0.05, 0) is 33.9 Å². The summed E-state index contributed by atoms with van der Waals surface area (Å²) in [5.41, 5.74) is 1.69. The lowest BCUT2D eigenvalue weighted by Crippen LogP contribution is -2.36. The highest BCUT2D eigenvalue weighted by molar-refractivity contribution is 5.93. The number of carbonyl (C=O) groups is 1. The number of anilines is 1. The normalized spacial score (nSPS) is 12.3. The molecular formula is C10H16N4O. The van der Waals surface area contributed by atoms with Gasteiger partial charge in [0, 0.05) is 11.4 Å². The highest BCUT2D eigenvalue weighted by Crippen LogP contribution is 2.03. The molecule has 1 aromatic rings. The lowest BCUT2D eigenvalue weighted by Gasteiger charge is -2.10. The number of amides is 1. The van der Waals surface area contributed by atoms with Crippen LogP contribution in [0.5, 0.6) is 0 Å². The van der Waals surface area contributed by atoms with Crippen molar-refractivity contribution in [2.75, 3.05) is 12.4 Å². The summed E-state index contributed by atoms with van der Waals surface area (Å²) in [7, 11) is 1.73. The minimum atomic E-state index is -0.255. The number of carbonyl (C=O) groups excluding carboxylic acids is 1. The lowest BCUT2D eigenvalue weighted by molar-refractivity contribution is -0.117. The van der Waals surface area contributed by atoms with Gasteiger partial charge in [0.15, 0.2) is 0 Å². The molecule has 1 unspecified atom stereocenters. The maximum absolute atomic E-state index is 11.5. The number of hydrogen-bond acceptors (Lipinski definition) is 4. The Hall–Kier alpha value is -1.49. The third kappa shape index (κ3) is 3.28. The molecule has 0 saturated carbocycles. The molecule has 1 amide bonds. The van der Waals surface area contributed by atoms with Crippen LogP contribution in [0.4, 0.5) is 5.95 Å². The molecule has 15 heavy (non-hydrogen) atoms. The Balaban J connectivity index is 2.76. The molecule has 0 aromatic carbocycles. The first kappa shape index (κ1) is 11.6. The van der Waals surface area contributed by atoms with E-state index in [-0.39, 0.29) is 11.9 Å². The Kier molecular flexibility index (Phi) is 3.74. The first-order valence-electron chi connectivity index (χ1n) is 4.83. The van der Waals surface area contributed by atoms with Crippen molar-refractivity contribution in [1.82, 2.24) is 15.3 Å². The average Bonchev–Trinajstić information content (AvgIpc) is 2.14. The fourth-order valence-corrected chi connectivity index (χ4v) is 1.13. The van der Waals surface area contributed by atoms with Crippen molar-refractivity contribution in [3.63, 3.8) is 0 Å². The lowest BCUT2D eigenvalue weighted by atomic mass is 10.3. The van der Waals surface area contributed by atoms with E-state index in [1.165, 1.54) is 0 Å². The van der Waals surface area contributed by atoms with Gasteiger partial charge in [-0.1, -0.05) is 0 Å².